The molecule has 0 radical (unpaired) electrons. The summed E-state index contributed by atoms with van der Waals surface area (Å²) in [5.41, 5.74) is -0.419. The second-order valence-corrected chi connectivity index (χ2v) is 3.80. The van der Waals surface area contributed by atoms with E-state index in [0.717, 1.165) is 31.8 Å². The van der Waals surface area contributed by atoms with Crippen LogP contribution in [-0.2, 0) is 0 Å². The van der Waals surface area contributed by atoms with E-state index in [2.05, 4.69) is 10.3 Å². The van der Waals surface area contributed by atoms with Crippen molar-refractivity contribution in [2.24, 2.45) is 10.9 Å². The lowest BCUT2D eigenvalue weighted by Crippen LogP contribution is -2.47. The van der Waals surface area contributed by atoms with Crippen LogP contribution in [0.3, 0.4) is 0 Å². The first-order valence-electron chi connectivity index (χ1n) is 4.18. The molecule has 0 aromatic carbocycles. The fourth-order valence-corrected chi connectivity index (χ4v) is 1.88. The predicted octanol–water partition coefficient (Wildman–Crippen LogP) is 0.149. The molecular formula is C8H14N2O. The number of amidine groups is 1. The summed E-state index contributed by atoms with van der Waals surface area (Å²) >= 11 is 0. The average Bonchev–Trinajstić information content (AvgIpc) is 2.32. The molecule has 0 aromatic rings. The van der Waals surface area contributed by atoms with Crippen LogP contribution < -0.4 is 5.32 Å². The first-order valence-corrected chi connectivity index (χ1v) is 4.18. The Balaban J connectivity index is 1.91. The number of aliphatic imine (C=N–C) groups is 1. The molecule has 0 unspecified atom stereocenters. The molecule has 11 heavy (non-hydrogen) atoms. The zero-order chi connectivity index (χ0) is 7.90. The summed E-state index contributed by atoms with van der Waals surface area (Å²) in [6, 6.07) is 0. The van der Waals surface area contributed by atoms with Gasteiger partial charge in [-0.25, -0.2) is 0 Å². The average molecular weight is 154 g/mol. The molecule has 0 spiro atoms. The van der Waals surface area contributed by atoms with Crippen LogP contribution in [0.5, 0.6) is 0 Å². The van der Waals surface area contributed by atoms with Crippen molar-refractivity contribution < 1.29 is 5.11 Å². The molecule has 0 atom stereocenters. The van der Waals surface area contributed by atoms with Crippen LogP contribution in [0.2, 0.25) is 0 Å². The molecular weight excluding hydrogens is 140 g/mol. The van der Waals surface area contributed by atoms with Crippen LogP contribution in [0, 0.1) is 5.92 Å². The fourth-order valence-electron chi connectivity index (χ4n) is 1.88. The lowest BCUT2D eigenvalue weighted by atomic mass is 9.71. The summed E-state index contributed by atoms with van der Waals surface area (Å²) < 4.78 is 0. The third kappa shape index (κ3) is 1.25. The number of hydrogen-bond donors (Lipinski definition) is 2. The van der Waals surface area contributed by atoms with Crippen molar-refractivity contribution in [2.45, 2.75) is 25.4 Å². The molecule has 0 bridgehead atoms. The number of nitrogens with one attached hydrogen (secondary N) is 1. The van der Waals surface area contributed by atoms with Gasteiger partial charge < -0.3 is 10.4 Å². The molecule has 0 aromatic heterocycles. The van der Waals surface area contributed by atoms with E-state index in [1.165, 1.54) is 0 Å². The van der Waals surface area contributed by atoms with E-state index >= 15 is 0 Å². The highest BCUT2D eigenvalue weighted by molar-refractivity contribution is 5.86. The summed E-state index contributed by atoms with van der Waals surface area (Å²) in [4.78, 5) is 4.32. The Kier molecular flexibility index (Phi) is 1.42. The van der Waals surface area contributed by atoms with E-state index in [9.17, 15) is 5.11 Å². The minimum atomic E-state index is -0.419. The fraction of sp³-hybridized carbons (Fsp3) is 0.875. The standard InChI is InChI=1S/C8H14N2O/c1-8(11)4-6(5-8)7-9-2-3-10-7/h6,11H,2-5H2,1H3,(H,9,10). The highest BCUT2D eigenvalue weighted by Gasteiger charge is 2.41. The van der Waals surface area contributed by atoms with E-state index < -0.39 is 5.60 Å². The maximum absolute atomic E-state index is 9.46. The summed E-state index contributed by atoms with van der Waals surface area (Å²) in [5.74, 6) is 1.63. The third-order valence-corrected chi connectivity index (χ3v) is 2.46. The second-order valence-electron chi connectivity index (χ2n) is 3.80. The maximum Gasteiger partial charge on any atom is 0.0998 e. The predicted molar refractivity (Wildman–Crippen MR) is 43.7 cm³/mol. The van der Waals surface area contributed by atoms with Gasteiger partial charge in [-0.3, -0.25) is 4.99 Å². The summed E-state index contributed by atoms with van der Waals surface area (Å²) in [5, 5.41) is 12.7. The van der Waals surface area contributed by atoms with E-state index in [0.29, 0.717) is 5.92 Å². The number of nitrogens with zero attached hydrogens (tertiary/aromatic N) is 1. The Morgan fingerprint density at radius 1 is 1.64 bits per heavy atom. The van der Waals surface area contributed by atoms with Gasteiger partial charge in [-0.15, -0.1) is 0 Å². The smallest absolute Gasteiger partial charge is 0.0998 e. The topological polar surface area (TPSA) is 44.6 Å². The van der Waals surface area contributed by atoms with Crippen LogP contribution in [0.25, 0.3) is 0 Å². The van der Waals surface area contributed by atoms with Crippen LogP contribution in [-0.4, -0.2) is 29.6 Å². The van der Waals surface area contributed by atoms with E-state index in [-0.39, 0.29) is 0 Å². The van der Waals surface area contributed by atoms with E-state index in [1.807, 2.05) is 6.92 Å². The van der Waals surface area contributed by atoms with Gasteiger partial charge in [-0.1, -0.05) is 0 Å². The van der Waals surface area contributed by atoms with Crippen molar-refractivity contribution >= 4 is 5.84 Å². The Bertz CT molecular complexity index is 190. The quantitative estimate of drug-likeness (QED) is 0.564. The zero-order valence-corrected chi connectivity index (χ0v) is 6.80. The van der Waals surface area contributed by atoms with Crippen LogP contribution in [0.15, 0.2) is 4.99 Å². The molecule has 1 heterocycles. The molecule has 3 nitrogen and oxygen atoms in total. The van der Waals surface area contributed by atoms with Gasteiger partial charge >= 0.3 is 0 Å². The normalized spacial score (nSPS) is 42.7. The summed E-state index contributed by atoms with van der Waals surface area (Å²) in [6.45, 7) is 3.78. The van der Waals surface area contributed by atoms with Gasteiger partial charge in [0.2, 0.25) is 0 Å². The second kappa shape index (κ2) is 2.21. The first kappa shape index (κ1) is 7.10. The van der Waals surface area contributed by atoms with Gasteiger partial charge in [0.05, 0.1) is 18.0 Å². The number of aliphatic hydroxyl groups is 1. The lowest BCUT2D eigenvalue weighted by molar-refractivity contribution is -0.0363. The van der Waals surface area contributed by atoms with Gasteiger partial charge in [-0.2, -0.15) is 0 Å². The van der Waals surface area contributed by atoms with Crippen molar-refractivity contribution in [3.8, 4) is 0 Å². The Morgan fingerprint density at radius 3 is 2.82 bits per heavy atom. The summed E-state index contributed by atoms with van der Waals surface area (Å²) in [7, 11) is 0. The van der Waals surface area contributed by atoms with Crippen molar-refractivity contribution in [3.63, 3.8) is 0 Å². The Labute approximate surface area is 66.5 Å². The zero-order valence-electron chi connectivity index (χ0n) is 6.80. The van der Waals surface area contributed by atoms with Crippen LogP contribution >= 0.6 is 0 Å². The molecule has 1 fully saturated rings. The molecule has 3 heteroatoms. The molecule has 2 rings (SSSR count). The lowest BCUT2D eigenvalue weighted by Gasteiger charge is -2.40. The monoisotopic (exact) mass is 154 g/mol. The maximum atomic E-state index is 9.46. The first-order chi connectivity index (χ1) is 5.17. The highest BCUT2D eigenvalue weighted by Crippen LogP contribution is 2.37. The molecule has 0 saturated heterocycles. The van der Waals surface area contributed by atoms with E-state index in [1.54, 1.807) is 0 Å². The van der Waals surface area contributed by atoms with Crippen molar-refractivity contribution in [1.29, 1.82) is 0 Å². The summed E-state index contributed by atoms with van der Waals surface area (Å²) in [6.07, 6.45) is 1.75. The minimum Gasteiger partial charge on any atom is -0.390 e. The molecule has 1 aliphatic heterocycles. The molecule has 1 aliphatic carbocycles. The molecule has 2 aliphatic rings. The number of rotatable bonds is 1. The van der Waals surface area contributed by atoms with Crippen molar-refractivity contribution in [3.05, 3.63) is 0 Å². The Hall–Kier alpha value is -0.570. The highest BCUT2D eigenvalue weighted by atomic mass is 16.3. The third-order valence-electron chi connectivity index (χ3n) is 2.46. The van der Waals surface area contributed by atoms with Gasteiger partial charge in [0.15, 0.2) is 0 Å². The van der Waals surface area contributed by atoms with Crippen molar-refractivity contribution in [1.82, 2.24) is 5.32 Å². The van der Waals surface area contributed by atoms with Crippen molar-refractivity contribution in [2.75, 3.05) is 13.1 Å². The molecule has 0 amide bonds. The SMILES string of the molecule is CC1(O)CC(C2=NCCN2)C1. The molecule has 1 saturated carbocycles. The largest absolute Gasteiger partial charge is 0.390 e. The van der Waals surface area contributed by atoms with Gasteiger partial charge in [-0.05, 0) is 19.8 Å². The van der Waals surface area contributed by atoms with E-state index in [4.69, 9.17) is 0 Å². The van der Waals surface area contributed by atoms with Crippen LogP contribution in [0.4, 0.5) is 0 Å². The van der Waals surface area contributed by atoms with Gasteiger partial charge in [0.1, 0.15) is 0 Å². The minimum absolute atomic E-state index is 0.419. The molecule has 2 N–H and O–H groups in total. The number of hydrogen-bond acceptors (Lipinski definition) is 3. The van der Waals surface area contributed by atoms with Gasteiger partial charge in [0, 0.05) is 12.5 Å². The Morgan fingerprint density at radius 2 is 2.36 bits per heavy atom. The van der Waals surface area contributed by atoms with Gasteiger partial charge in [0.25, 0.3) is 0 Å². The van der Waals surface area contributed by atoms with Crippen LogP contribution in [0.1, 0.15) is 19.8 Å². The molecule has 62 valence electrons.